The van der Waals surface area contributed by atoms with Crippen LogP contribution in [0.3, 0.4) is 0 Å². The first-order chi connectivity index (χ1) is 16.5. The second-order valence-electron chi connectivity index (χ2n) is 9.49. The van der Waals surface area contributed by atoms with Gasteiger partial charge in [0.2, 0.25) is 0 Å². The maximum atomic E-state index is 12.1. The highest BCUT2D eigenvalue weighted by atomic mass is 28.4. The molecule has 9 heteroatoms. The van der Waals surface area contributed by atoms with E-state index in [-0.39, 0.29) is 28.1 Å². The van der Waals surface area contributed by atoms with Gasteiger partial charge < -0.3 is 13.6 Å². The molecule has 0 aliphatic carbocycles. The topological polar surface area (TPSA) is 96.0 Å². The molecule has 37 heavy (non-hydrogen) atoms. The van der Waals surface area contributed by atoms with Gasteiger partial charge in [-0.05, 0) is 51.1 Å². The van der Waals surface area contributed by atoms with Gasteiger partial charge in [-0.2, -0.15) is 0 Å². The number of ether oxygens (including phenoxy) is 2. The number of carbonyl (C=O) groups excluding carboxylic acids is 4. The van der Waals surface area contributed by atoms with E-state index in [1.54, 1.807) is 60.7 Å². The van der Waals surface area contributed by atoms with Crippen LogP contribution < -0.4 is 0 Å². The van der Waals surface area contributed by atoms with Crippen molar-refractivity contribution in [2.24, 2.45) is 0 Å². The fourth-order valence-corrected chi connectivity index (χ4v) is 12.5. The number of Topliss-reactive ketones (excluding diaryl/α,β-unsaturated/α-hetero) is 2. The van der Waals surface area contributed by atoms with Crippen molar-refractivity contribution in [1.29, 1.82) is 0 Å². The van der Waals surface area contributed by atoms with Crippen molar-refractivity contribution in [1.82, 2.24) is 0 Å². The molecule has 2 aromatic rings. The van der Waals surface area contributed by atoms with Crippen LogP contribution in [0.25, 0.3) is 0 Å². The van der Waals surface area contributed by atoms with Gasteiger partial charge in [0.1, 0.15) is 0 Å². The number of esters is 2. The number of ketones is 2. The minimum absolute atomic E-state index is 0. The molecule has 0 atom stereocenters. The molecular weight excluding hydrogens is 504 g/mol. The normalized spacial score (nSPS) is 10.9. The second-order valence-corrected chi connectivity index (χ2v) is 18.3. The zero-order chi connectivity index (χ0) is 25.9. The number of hydrogen-bond acceptors (Lipinski definition) is 7. The van der Waals surface area contributed by atoms with Gasteiger partial charge in [-0.1, -0.05) is 75.5 Å². The number of hydrogen-bond donors (Lipinski definition) is 0. The molecule has 0 bridgehead atoms. The van der Waals surface area contributed by atoms with Crippen LogP contribution in [0.1, 0.15) is 48.4 Å². The predicted octanol–water partition coefficient (Wildman–Crippen LogP) is 6.32. The Hall–Kier alpha value is -2.89. The van der Waals surface area contributed by atoms with Gasteiger partial charge in [0, 0.05) is 11.1 Å². The third kappa shape index (κ3) is 12.3. The lowest BCUT2D eigenvalue weighted by molar-refractivity contribution is -0.138. The van der Waals surface area contributed by atoms with Crippen molar-refractivity contribution in [2.45, 2.75) is 66.0 Å². The summed E-state index contributed by atoms with van der Waals surface area (Å²) in [5.74, 6) is -2.96. The molecule has 0 N–H and O–H groups in total. The summed E-state index contributed by atoms with van der Waals surface area (Å²) in [6.07, 6.45) is 1.24. The largest absolute Gasteiger partial charge is 0.460 e. The lowest BCUT2D eigenvalue weighted by Gasteiger charge is -2.34. The van der Waals surface area contributed by atoms with Gasteiger partial charge in [0.05, 0.1) is 13.2 Å². The van der Waals surface area contributed by atoms with Crippen LogP contribution in [-0.2, 0) is 23.2 Å². The van der Waals surface area contributed by atoms with Crippen LogP contribution in [0.2, 0.25) is 38.3 Å². The molecule has 7 nitrogen and oxygen atoms in total. The molecule has 0 aromatic heterocycles. The van der Waals surface area contributed by atoms with Gasteiger partial charge in [-0.3, -0.25) is 9.59 Å². The lowest BCUT2D eigenvalue weighted by Crippen LogP contribution is -2.44. The summed E-state index contributed by atoms with van der Waals surface area (Å²) in [5, 5.41) is 0. The van der Waals surface area contributed by atoms with Crippen LogP contribution in [0.4, 0.5) is 0 Å². The van der Waals surface area contributed by atoms with Crippen LogP contribution in [0.15, 0.2) is 60.7 Å². The van der Waals surface area contributed by atoms with Gasteiger partial charge >= 0.3 is 11.9 Å². The Morgan fingerprint density at radius 3 is 1.24 bits per heavy atom. The van der Waals surface area contributed by atoms with E-state index in [1.807, 2.05) is 0 Å². The summed E-state index contributed by atoms with van der Waals surface area (Å²) in [5.41, 5.74) is 0.636. The molecule has 0 aliphatic rings. The smallest absolute Gasteiger partial charge is 0.379 e. The minimum atomic E-state index is -2.02. The minimum Gasteiger partial charge on any atom is -0.460 e. The van der Waals surface area contributed by atoms with E-state index in [0.717, 1.165) is 12.1 Å². The van der Waals surface area contributed by atoms with Crippen LogP contribution in [-0.4, -0.2) is 53.4 Å². The lowest BCUT2D eigenvalue weighted by atomic mass is 10.1. The van der Waals surface area contributed by atoms with Crippen LogP contribution in [0.5, 0.6) is 0 Å². The van der Waals surface area contributed by atoms with Gasteiger partial charge in [-0.15, -0.1) is 0 Å². The molecule has 0 radical (unpaired) electrons. The molecule has 0 unspecified atom stereocenters. The molecule has 0 heterocycles. The SMILES string of the molecule is C.C.C[Si](C)(CCCOC(=O)C(=O)c1ccccc1)O[Si](C)(C)CCCOC(=O)C(=O)c1ccccc1. The van der Waals surface area contributed by atoms with Crippen molar-refractivity contribution >= 4 is 40.1 Å². The van der Waals surface area contributed by atoms with E-state index in [9.17, 15) is 19.2 Å². The fraction of sp³-hybridized carbons (Fsp3) is 0.429. The average Bonchev–Trinajstić information content (AvgIpc) is 2.83. The van der Waals surface area contributed by atoms with E-state index in [4.69, 9.17) is 13.6 Å². The Morgan fingerprint density at radius 1 is 0.595 bits per heavy atom. The predicted molar refractivity (Wildman–Crippen MR) is 152 cm³/mol. The van der Waals surface area contributed by atoms with Crippen molar-refractivity contribution in [3.8, 4) is 0 Å². The summed E-state index contributed by atoms with van der Waals surface area (Å²) in [4.78, 5) is 48.1. The molecule has 204 valence electrons. The first kappa shape index (κ1) is 34.1. The summed E-state index contributed by atoms with van der Waals surface area (Å²) < 4.78 is 16.8. The van der Waals surface area contributed by atoms with Gasteiger partial charge in [-0.25, -0.2) is 9.59 Å². The van der Waals surface area contributed by atoms with Crippen molar-refractivity contribution < 1.29 is 32.8 Å². The first-order valence-corrected chi connectivity index (χ1v) is 18.0. The average molecular weight is 547 g/mol. The highest BCUT2D eigenvalue weighted by molar-refractivity contribution is 6.84. The third-order valence-electron chi connectivity index (χ3n) is 5.31. The third-order valence-corrected chi connectivity index (χ3v) is 12.8. The molecule has 2 aromatic carbocycles. The maximum absolute atomic E-state index is 12.1. The van der Waals surface area contributed by atoms with Crippen LogP contribution >= 0.6 is 0 Å². The molecule has 2 rings (SSSR count). The van der Waals surface area contributed by atoms with E-state index in [2.05, 4.69) is 26.2 Å². The monoisotopic (exact) mass is 546 g/mol. The number of benzene rings is 2. The molecule has 0 spiro atoms. The zero-order valence-corrected chi connectivity index (χ0v) is 22.9. The van der Waals surface area contributed by atoms with E-state index in [0.29, 0.717) is 24.0 Å². The second kappa shape index (κ2) is 16.1. The number of carbonyl (C=O) groups is 4. The Bertz CT molecular complexity index is 924. The number of rotatable bonds is 14. The van der Waals surface area contributed by atoms with Crippen molar-refractivity contribution in [3.05, 3.63) is 71.8 Å². The molecule has 0 saturated carbocycles. The molecule has 0 saturated heterocycles. The Kier molecular flexibility index (Phi) is 14.8. The fourth-order valence-electron chi connectivity index (χ4n) is 3.72. The quantitative estimate of drug-likeness (QED) is 0.0899. The van der Waals surface area contributed by atoms with Crippen LogP contribution in [0, 0.1) is 0 Å². The first-order valence-electron chi connectivity index (χ1n) is 11.7. The summed E-state index contributed by atoms with van der Waals surface area (Å²) in [7, 11) is -4.04. The highest BCUT2D eigenvalue weighted by Gasteiger charge is 2.32. The molecule has 0 aliphatic heterocycles. The van der Waals surface area contributed by atoms with Gasteiger partial charge in [0.25, 0.3) is 11.6 Å². The summed E-state index contributed by atoms with van der Waals surface area (Å²) in [6, 6.07) is 18.3. The van der Waals surface area contributed by atoms with E-state index >= 15 is 0 Å². The zero-order valence-electron chi connectivity index (χ0n) is 20.9. The summed E-state index contributed by atoms with van der Waals surface area (Å²) in [6.45, 7) is 8.83. The molecule has 0 amide bonds. The highest BCUT2D eigenvalue weighted by Crippen LogP contribution is 2.24. The Balaban J connectivity index is 0.00000648. The van der Waals surface area contributed by atoms with Crippen molar-refractivity contribution in [3.63, 3.8) is 0 Å². The Morgan fingerprint density at radius 2 is 0.919 bits per heavy atom. The molecule has 0 fully saturated rings. The van der Waals surface area contributed by atoms with E-state index < -0.39 is 40.1 Å². The van der Waals surface area contributed by atoms with Crippen molar-refractivity contribution in [2.75, 3.05) is 13.2 Å². The van der Waals surface area contributed by atoms with E-state index in [1.165, 1.54) is 0 Å². The van der Waals surface area contributed by atoms with Gasteiger partial charge in [0.15, 0.2) is 16.6 Å². The summed E-state index contributed by atoms with van der Waals surface area (Å²) >= 11 is 0. The molecular formula is C28H42O7Si2. The Labute approximate surface area is 223 Å². The standard InChI is InChI=1S/C26H34O7Si2.2CH4/c1-34(2,19-11-17-31-25(29)23(27)21-13-7-5-8-14-21)33-35(3,4)20-12-18-32-26(30)24(28)22-15-9-6-10-16-22;;/h5-10,13-16H,11-12,17-20H2,1-4H3;2*1H4. The maximum Gasteiger partial charge on any atom is 0.379 e.